The fourth-order valence-corrected chi connectivity index (χ4v) is 3.91. The van der Waals surface area contributed by atoms with Crippen molar-refractivity contribution in [3.63, 3.8) is 0 Å². The SMILES string of the molecule is CC(C)NS(=O)(=O)c1ccccc1NCC1(C)CCCO1. The van der Waals surface area contributed by atoms with Crippen molar-refractivity contribution >= 4 is 15.7 Å². The van der Waals surface area contributed by atoms with E-state index in [0.29, 0.717) is 12.2 Å². The summed E-state index contributed by atoms with van der Waals surface area (Å²) in [5.41, 5.74) is 0.393. The standard InChI is InChI=1S/C15H24N2O3S/c1-12(2)17-21(18,19)14-8-5-4-7-13(14)16-11-15(3)9-6-10-20-15/h4-5,7-8,12,16-17H,6,9-11H2,1-3H3. The Bertz CT molecular complexity index is 578. The number of nitrogens with one attached hydrogen (secondary N) is 2. The third kappa shape index (κ3) is 4.18. The van der Waals surface area contributed by atoms with Crippen LogP contribution in [0.15, 0.2) is 29.2 Å². The Kier molecular flexibility index (Phi) is 4.91. The van der Waals surface area contributed by atoms with Gasteiger partial charge in [-0.15, -0.1) is 0 Å². The van der Waals surface area contributed by atoms with E-state index in [1.54, 1.807) is 32.0 Å². The molecule has 0 radical (unpaired) electrons. The van der Waals surface area contributed by atoms with Crippen molar-refractivity contribution in [1.29, 1.82) is 0 Å². The minimum atomic E-state index is -3.51. The first-order chi connectivity index (χ1) is 9.82. The molecule has 0 aliphatic carbocycles. The van der Waals surface area contributed by atoms with Crippen LogP contribution in [-0.4, -0.2) is 33.2 Å². The summed E-state index contributed by atoms with van der Waals surface area (Å²) in [7, 11) is -3.51. The summed E-state index contributed by atoms with van der Waals surface area (Å²) in [5, 5.41) is 3.23. The van der Waals surface area contributed by atoms with E-state index in [0.717, 1.165) is 19.4 Å². The Balaban J connectivity index is 2.17. The van der Waals surface area contributed by atoms with E-state index in [1.165, 1.54) is 0 Å². The monoisotopic (exact) mass is 312 g/mol. The van der Waals surface area contributed by atoms with E-state index in [-0.39, 0.29) is 16.5 Å². The molecule has 21 heavy (non-hydrogen) atoms. The molecule has 6 heteroatoms. The summed E-state index contributed by atoms with van der Waals surface area (Å²) in [6.07, 6.45) is 2.03. The molecule has 1 fully saturated rings. The van der Waals surface area contributed by atoms with Crippen LogP contribution in [0.25, 0.3) is 0 Å². The first-order valence-electron chi connectivity index (χ1n) is 7.32. The number of rotatable bonds is 6. The summed E-state index contributed by atoms with van der Waals surface area (Å²) in [4.78, 5) is 0.278. The normalized spacial score (nSPS) is 22.7. The van der Waals surface area contributed by atoms with Gasteiger partial charge in [-0.25, -0.2) is 13.1 Å². The molecule has 0 spiro atoms. The average Bonchev–Trinajstić information content (AvgIpc) is 2.83. The lowest BCUT2D eigenvalue weighted by atomic mass is 10.0. The third-order valence-electron chi connectivity index (χ3n) is 3.52. The Hall–Kier alpha value is -1.11. The van der Waals surface area contributed by atoms with Gasteiger partial charge in [-0.3, -0.25) is 0 Å². The highest BCUT2D eigenvalue weighted by Crippen LogP contribution is 2.27. The Morgan fingerprint density at radius 2 is 2.05 bits per heavy atom. The molecule has 5 nitrogen and oxygen atoms in total. The van der Waals surface area contributed by atoms with Gasteiger partial charge < -0.3 is 10.1 Å². The van der Waals surface area contributed by atoms with Gasteiger partial charge in [0.15, 0.2) is 0 Å². The van der Waals surface area contributed by atoms with Gasteiger partial charge in [0, 0.05) is 19.2 Å². The van der Waals surface area contributed by atoms with Crippen LogP contribution in [0.4, 0.5) is 5.69 Å². The van der Waals surface area contributed by atoms with Crippen LogP contribution >= 0.6 is 0 Å². The van der Waals surface area contributed by atoms with Crippen LogP contribution in [0.3, 0.4) is 0 Å². The van der Waals surface area contributed by atoms with E-state index >= 15 is 0 Å². The topological polar surface area (TPSA) is 67.4 Å². The van der Waals surface area contributed by atoms with Crippen molar-refractivity contribution < 1.29 is 13.2 Å². The summed E-state index contributed by atoms with van der Waals surface area (Å²) in [5.74, 6) is 0. The third-order valence-corrected chi connectivity index (χ3v) is 5.24. The maximum absolute atomic E-state index is 12.4. The lowest BCUT2D eigenvalue weighted by Crippen LogP contribution is -2.34. The van der Waals surface area contributed by atoms with Crippen molar-refractivity contribution in [3.05, 3.63) is 24.3 Å². The molecule has 1 aromatic carbocycles. The van der Waals surface area contributed by atoms with Crippen LogP contribution in [0, 0.1) is 0 Å². The molecule has 1 unspecified atom stereocenters. The van der Waals surface area contributed by atoms with Crippen molar-refractivity contribution in [3.8, 4) is 0 Å². The number of anilines is 1. The van der Waals surface area contributed by atoms with Gasteiger partial charge in [-0.2, -0.15) is 0 Å². The minimum absolute atomic E-state index is 0.140. The predicted molar refractivity (Wildman–Crippen MR) is 84.0 cm³/mol. The van der Waals surface area contributed by atoms with Crippen molar-refractivity contribution in [2.45, 2.75) is 50.2 Å². The van der Waals surface area contributed by atoms with Crippen LogP contribution in [0.2, 0.25) is 0 Å². The number of sulfonamides is 1. The second kappa shape index (κ2) is 6.34. The molecule has 1 saturated heterocycles. The van der Waals surface area contributed by atoms with Crippen molar-refractivity contribution in [2.24, 2.45) is 0 Å². The summed E-state index contributed by atoms with van der Waals surface area (Å²) >= 11 is 0. The summed E-state index contributed by atoms with van der Waals surface area (Å²) in [6.45, 7) is 7.03. The zero-order valence-corrected chi connectivity index (χ0v) is 13.7. The highest BCUT2D eigenvalue weighted by Gasteiger charge is 2.30. The number of hydrogen-bond acceptors (Lipinski definition) is 4. The van der Waals surface area contributed by atoms with Crippen LogP contribution < -0.4 is 10.0 Å². The first-order valence-corrected chi connectivity index (χ1v) is 8.80. The van der Waals surface area contributed by atoms with E-state index < -0.39 is 10.0 Å². The lowest BCUT2D eigenvalue weighted by molar-refractivity contribution is 0.0315. The van der Waals surface area contributed by atoms with E-state index in [2.05, 4.69) is 17.0 Å². The van der Waals surface area contributed by atoms with Gasteiger partial charge in [0.05, 0.1) is 11.3 Å². The lowest BCUT2D eigenvalue weighted by Gasteiger charge is -2.25. The van der Waals surface area contributed by atoms with Gasteiger partial charge in [-0.05, 0) is 45.7 Å². The minimum Gasteiger partial charge on any atom is -0.381 e. The predicted octanol–water partition coefficient (Wildman–Crippen LogP) is 2.35. The zero-order valence-electron chi connectivity index (χ0n) is 12.8. The molecule has 0 saturated carbocycles. The highest BCUT2D eigenvalue weighted by molar-refractivity contribution is 7.89. The average molecular weight is 312 g/mol. The van der Waals surface area contributed by atoms with Gasteiger partial charge in [-0.1, -0.05) is 12.1 Å². The van der Waals surface area contributed by atoms with Crippen LogP contribution in [-0.2, 0) is 14.8 Å². The molecule has 1 aliphatic rings. The van der Waals surface area contributed by atoms with Crippen molar-refractivity contribution in [1.82, 2.24) is 4.72 Å². The Morgan fingerprint density at radius 1 is 1.33 bits per heavy atom. The largest absolute Gasteiger partial charge is 0.381 e. The van der Waals surface area contributed by atoms with Crippen LogP contribution in [0.5, 0.6) is 0 Å². The fraction of sp³-hybridized carbons (Fsp3) is 0.600. The van der Waals surface area contributed by atoms with Crippen LogP contribution in [0.1, 0.15) is 33.6 Å². The van der Waals surface area contributed by atoms with E-state index in [9.17, 15) is 8.42 Å². The quantitative estimate of drug-likeness (QED) is 0.846. The molecule has 1 heterocycles. The molecule has 2 rings (SSSR count). The highest BCUT2D eigenvalue weighted by atomic mass is 32.2. The Labute approximate surface area is 127 Å². The zero-order chi connectivity index (χ0) is 15.5. The summed E-state index contributed by atoms with van der Waals surface area (Å²) < 4.78 is 33.1. The molecule has 118 valence electrons. The molecular formula is C15H24N2O3S. The molecule has 1 atom stereocenters. The van der Waals surface area contributed by atoms with Gasteiger partial charge >= 0.3 is 0 Å². The van der Waals surface area contributed by atoms with Gasteiger partial charge in [0.25, 0.3) is 0 Å². The van der Waals surface area contributed by atoms with Gasteiger partial charge in [0.2, 0.25) is 10.0 Å². The Morgan fingerprint density at radius 3 is 2.67 bits per heavy atom. The van der Waals surface area contributed by atoms with Crippen molar-refractivity contribution in [2.75, 3.05) is 18.5 Å². The second-order valence-corrected chi connectivity index (χ2v) is 7.71. The molecule has 1 aromatic rings. The smallest absolute Gasteiger partial charge is 0.242 e. The van der Waals surface area contributed by atoms with E-state index in [4.69, 9.17) is 4.74 Å². The molecule has 0 aromatic heterocycles. The maximum Gasteiger partial charge on any atom is 0.242 e. The fourth-order valence-electron chi connectivity index (χ4n) is 2.48. The number of benzene rings is 1. The second-order valence-electron chi connectivity index (χ2n) is 6.03. The van der Waals surface area contributed by atoms with Gasteiger partial charge in [0.1, 0.15) is 4.90 Å². The summed E-state index contributed by atoms with van der Waals surface area (Å²) in [6, 6.07) is 6.82. The molecule has 1 aliphatic heterocycles. The number of ether oxygens (including phenoxy) is 1. The molecule has 0 amide bonds. The molecule has 2 N–H and O–H groups in total. The molecular weight excluding hydrogens is 288 g/mol. The van der Waals surface area contributed by atoms with E-state index in [1.807, 2.05) is 6.07 Å². The maximum atomic E-state index is 12.4. The number of hydrogen-bond donors (Lipinski definition) is 2. The first kappa shape index (κ1) is 16.3. The molecule has 0 bridgehead atoms. The number of para-hydroxylation sites is 1.